The van der Waals surface area contributed by atoms with Gasteiger partial charge in [-0.2, -0.15) is 0 Å². The van der Waals surface area contributed by atoms with Gasteiger partial charge in [-0.15, -0.1) is 0 Å². The second kappa shape index (κ2) is 19.2. The molecule has 54 heavy (non-hydrogen) atoms. The molecular weight excluding hydrogens is 704 g/mol. The summed E-state index contributed by atoms with van der Waals surface area (Å²) in [5, 5.41) is 30.5. The third kappa shape index (κ3) is 11.2. The highest BCUT2D eigenvalue weighted by Crippen LogP contribution is 2.32. The van der Waals surface area contributed by atoms with Crippen LogP contribution in [0.2, 0.25) is 0 Å². The second-order valence-electron chi connectivity index (χ2n) is 13.9. The van der Waals surface area contributed by atoms with Gasteiger partial charge in [-0.05, 0) is 66.0 Å². The number of ether oxygens (including phenoxy) is 2. The molecule has 1 aliphatic rings. The molecule has 12 nitrogen and oxygen atoms in total. The normalized spacial score (nSPS) is 19.1. The smallest absolute Gasteiger partial charge is 0.308 e. The molecule has 0 saturated heterocycles. The number of esters is 2. The summed E-state index contributed by atoms with van der Waals surface area (Å²) in [7, 11) is 2.46. The van der Waals surface area contributed by atoms with Gasteiger partial charge in [0.15, 0.2) is 6.10 Å². The van der Waals surface area contributed by atoms with E-state index >= 15 is 0 Å². The number of aliphatic hydroxyl groups excluding tert-OH is 2. The Hall–Kier alpha value is -5.21. The molecule has 0 bridgehead atoms. The number of rotatable bonds is 15. The first kappa shape index (κ1) is 41.5. The van der Waals surface area contributed by atoms with Crippen LogP contribution in [0.1, 0.15) is 56.8 Å². The minimum Gasteiger partial charge on any atom is -0.469 e. The minimum atomic E-state index is -1.72. The Balaban J connectivity index is 1.49. The van der Waals surface area contributed by atoms with E-state index in [1.165, 1.54) is 14.2 Å². The number of methoxy groups -OCH3 is 2. The van der Waals surface area contributed by atoms with Gasteiger partial charge < -0.3 is 35.6 Å². The van der Waals surface area contributed by atoms with Crippen molar-refractivity contribution in [3.05, 3.63) is 95.6 Å². The molecule has 3 aromatic rings. The summed E-state index contributed by atoms with van der Waals surface area (Å²) in [5.41, 5.74) is 1.65. The Morgan fingerprint density at radius 3 is 1.93 bits per heavy atom. The quantitative estimate of drug-likeness (QED) is 0.145. The highest BCUT2D eigenvalue weighted by atomic mass is 19.1. The van der Waals surface area contributed by atoms with E-state index in [0.29, 0.717) is 11.6 Å². The standard InChI is InChI=1S/C40H47F2N3O9/c1-22(2)35(37(49)43-29-18-25(39(51)53-3)17-26(19-29)40(52)54-4)45-34(47)21-33(46)32(16-23-14-27(41)20-28(42)15-23)44-38(50)36(48)31-13-9-8-12-30(31)24-10-6-5-7-11-24/h5-15,20,22,25-26,29,32-33,35-36,46,48H,16-19,21H2,1-4H3,(H,43,49)(H,44,50)(H,45,47)/t25-,26+,29?,32-,33+,35-,36?/m1/s1. The van der Waals surface area contributed by atoms with Gasteiger partial charge in [-0.25, -0.2) is 8.78 Å². The molecule has 2 unspecified atom stereocenters. The third-order valence-electron chi connectivity index (χ3n) is 9.54. The number of carbonyl (C=O) groups is 5. The molecule has 3 amide bonds. The molecule has 1 saturated carbocycles. The van der Waals surface area contributed by atoms with Gasteiger partial charge in [0.2, 0.25) is 11.8 Å². The van der Waals surface area contributed by atoms with E-state index in [0.717, 1.165) is 17.7 Å². The highest BCUT2D eigenvalue weighted by Gasteiger charge is 2.39. The predicted octanol–water partition coefficient (Wildman–Crippen LogP) is 3.53. The van der Waals surface area contributed by atoms with Crippen LogP contribution in [-0.2, 0) is 39.9 Å². The van der Waals surface area contributed by atoms with Crippen molar-refractivity contribution in [3.63, 3.8) is 0 Å². The van der Waals surface area contributed by atoms with Gasteiger partial charge in [0.05, 0.1) is 44.6 Å². The highest BCUT2D eigenvalue weighted by molar-refractivity contribution is 5.89. The van der Waals surface area contributed by atoms with Crippen molar-refractivity contribution < 1.29 is 52.4 Å². The summed E-state index contributed by atoms with van der Waals surface area (Å²) in [6.07, 6.45) is -3.73. The molecule has 14 heteroatoms. The van der Waals surface area contributed by atoms with E-state index in [-0.39, 0.29) is 36.8 Å². The summed E-state index contributed by atoms with van der Waals surface area (Å²) in [4.78, 5) is 65.1. The summed E-state index contributed by atoms with van der Waals surface area (Å²) >= 11 is 0. The first-order chi connectivity index (χ1) is 25.7. The molecule has 1 aliphatic carbocycles. The number of benzene rings is 3. The Kier molecular flexibility index (Phi) is 14.8. The zero-order valence-electron chi connectivity index (χ0n) is 30.6. The lowest BCUT2D eigenvalue weighted by Crippen LogP contribution is -2.55. The van der Waals surface area contributed by atoms with Crippen molar-refractivity contribution in [2.75, 3.05) is 14.2 Å². The van der Waals surface area contributed by atoms with Crippen LogP contribution in [-0.4, -0.2) is 78.3 Å². The molecule has 1 fully saturated rings. The molecule has 4 rings (SSSR count). The van der Waals surface area contributed by atoms with E-state index in [1.54, 1.807) is 50.2 Å². The van der Waals surface area contributed by atoms with Crippen LogP contribution in [0.5, 0.6) is 0 Å². The van der Waals surface area contributed by atoms with Crippen LogP contribution in [0, 0.1) is 29.4 Å². The SMILES string of the molecule is COC(=O)[C@@H]1CC(NC(=O)[C@H](NC(=O)C[C@H](O)[C@@H](Cc2cc(F)cc(F)c2)NC(=O)C(O)c2ccccc2-c2ccccc2)C(C)C)C[C@H](C(=O)OC)C1. The topological polar surface area (TPSA) is 180 Å². The number of halogens is 2. The van der Waals surface area contributed by atoms with Crippen molar-refractivity contribution in [2.24, 2.45) is 17.8 Å². The van der Waals surface area contributed by atoms with E-state index in [9.17, 15) is 43.0 Å². The van der Waals surface area contributed by atoms with Gasteiger partial charge in [-0.1, -0.05) is 68.4 Å². The summed E-state index contributed by atoms with van der Waals surface area (Å²) in [5.74, 6) is -6.91. The van der Waals surface area contributed by atoms with E-state index in [2.05, 4.69) is 16.0 Å². The van der Waals surface area contributed by atoms with Gasteiger partial charge >= 0.3 is 11.9 Å². The Morgan fingerprint density at radius 1 is 0.778 bits per heavy atom. The lowest BCUT2D eigenvalue weighted by molar-refractivity contribution is -0.153. The lowest BCUT2D eigenvalue weighted by Gasteiger charge is -2.34. The van der Waals surface area contributed by atoms with Crippen LogP contribution in [0.4, 0.5) is 8.78 Å². The Labute approximate surface area is 312 Å². The number of carbonyl (C=O) groups excluding carboxylic acids is 5. The molecule has 0 radical (unpaired) electrons. The average molecular weight is 752 g/mol. The zero-order chi connectivity index (χ0) is 39.5. The van der Waals surface area contributed by atoms with Crippen molar-refractivity contribution in [3.8, 4) is 11.1 Å². The summed E-state index contributed by atoms with van der Waals surface area (Å²) in [6.45, 7) is 3.37. The van der Waals surface area contributed by atoms with Crippen LogP contribution in [0.25, 0.3) is 11.1 Å². The maximum Gasteiger partial charge on any atom is 0.308 e. The summed E-state index contributed by atoms with van der Waals surface area (Å²) in [6, 6.07) is 15.4. The molecule has 0 aromatic heterocycles. The van der Waals surface area contributed by atoms with Crippen molar-refractivity contribution >= 4 is 29.7 Å². The largest absolute Gasteiger partial charge is 0.469 e. The van der Waals surface area contributed by atoms with E-state index in [1.807, 2.05) is 18.2 Å². The maximum absolute atomic E-state index is 14.2. The number of hydrogen-bond acceptors (Lipinski definition) is 9. The van der Waals surface area contributed by atoms with Crippen LogP contribution < -0.4 is 16.0 Å². The minimum absolute atomic E-state index is 0.0684. The predicted molar refractivity (Wildman–Crippen MR) is 193 cm³/mol. The van der Waals surface area contributed by atoms with Crippen molar-refractivity contribution in [2.45, 2.75) is 76.3 Å². The fraction of sp³-hybridized carbons (Fsp3) is 0.425. The zero-order valence-corrected chi connectivity index (χ0v) is 30.6. The van der Waals surface area contributed by atoms with Gasteiger partial charge in [-0.3, -0.25) is 24.0 Å². The molecule has 290 valence electrons. The first-order valence-corrected chi connectivity index (χ1v) is 17.7. The number of amides is 3. The van der Waals surface area contributed by atoms with Gasteiger partial charge in [0.1, 0.15) is 17.7 Å². The van der Waals surface area contributed by atoms with Crippen molar-refractivity contribution in [1.29, 1.82) is 0 Å². The third-order valence-corrected chi connectivity index (χ3v) is 9.54. The van der Waals surface area contributed by atoms with Gasteiger partial charge in [0, 0.05) is 12.1 Å². The number of hydrogen-bond donors (Lipinski definition) is 5. The molecule has 0 aliphatic heterocycles. The molecule has 7 atom stereocenters. The molecule has 0 spiro atoms. The molecule has 3 aromatic carbocycles. The molecule has 5 N–H and O–H groups in total. The lowest BCUT2D eigenvalue weighted by atomic mass is 9.78. The molecule has 0 heterocycles. The fourth-order valence-electron chi connectivity index (χ4n) is 6.83. The van der Waals surface area contributed by atoms with E-state index in [4.69, 9.17) is 9.47 Å². The van der Waals surface area contributed by atoms with Crippen LogP contribution in [0.15, 0.2) is 72.8 Å². The fourth-order valence-corrected chi connectivity index (χ4v) is 6.83. The first-order valence-electron chi connectivity index (χ1n) is 17.7. The summed E-state index contributed by atoms with van der Waals surface area (Å²) < 4.78 is 38.0. The van der Waals surface area contributed by atoms with Crippen LogP contribution in [0.3, 0.4) is 0 Å². The average Bonchev–Trinajstić information content (AvgIpc) is 3.15. The van der Waals surface area contributed by atoms with Crippen molar-refractivity contribution in [1.82, 2.24) is 16.0 Å². The number of nitrogens with one attached hydrogen (secondary N) is 3. The van der Waals surface area contributed by atoms with E-state index < -0.39 is 95.8 Å². The second-order valence-corrected chi connectivity index (χ2v) is 13.9. The van der Waals surface area contributed by atoms with Crippen LogP contribution >= 0.6 is 0 Å². The molecular formula is C40H47F2N3O9. The monoisotopic (exact) mass is 751 g/mol. The number of aliphatic hydroxyl groups is 2. The van der Waals surface area contributed by atoms with Gasteiger partial charge in [0.25, 0.3) is 5.91 Å². The Morgan fingerprint density at radius 2 is 1.35 bits per heavy atom. The Bertz CT molecular complexity index is 1750. The maximum atomic E-state index is 14.2.